The molecule has 0 bridgehead atoms. The minimum atomic E-state index is -2.46. The highest BCUT2D eigenvalue weighted by atomic mass is 32.2. The number of thioether (sulfide) groups is 1. The largest absolute Gasteiger partial charge is 0.307 e. The second-order valence-corrected chi connectivity index (χ2v) is 11.5. The normalized spacial score (nSPS) is 11.4. The molecule has 0 atom stereocenters. The van der Waals surface area contributed by atoms with Crippen LogP contribution in [0.15, 0.2) is 101 Å². The van der Waals surface area contributed by atoms with Crippen LogP contribution < -0.4 is 26.8 Å². The Morgan fingerprint density at radius 3 is 1.63 bits per heavy atom. The fourth-order valence-corrected chi connectivity index (χ4v) is 9.41. The van der Waals surface area contributed by atoms with Crippen LogP contribution in [-0.2, 0) is 0 Å². The molecule has 0 spiro atoms. The first-order chi connectivity index (χ1) is 14.7. The topological polar surface area (TPSA) is 45.8 Å². The molecule has 1 heterocycles. The van der Waals surface area contributed by atoms with Crippen LogP contribution >= 0.6 is 19.0 Å². The molecule has 0 fully saturated rings. The molecular weight excluding hydrogens is 407 g/mol. The highest BCUT2D eigenvalue weighted by Crippen LogP contribution is 2.54. The number of hydrogen-bond donors (Lipinski definition) is 1. The van der Waals surface area contributed by atoms with E-state index in [0.717, 1.165) is 32.0 Å². The monoisotopic (exact) mass is 431 g/mol. The predicted molar refractivity (Wildman–Crippen MR) is 131 cm³/mol. The van der Waals surface area contributed by atoms with E-state index in [0.29, 0.717) is 5.82 Å². The van der Waals surface area contributed by atoms with Gasteiger partial charge in [0.25, 0.3) is 5.56 Å². The second kappa shape index (κ2) is 8.99. The number of nitrogens with one attached hydrogen (secondary N) is 1. The van der Waals surface area contributed by atoms with Crippen molar-refractivity contribution in [3.05, 3.63) is 107 Å². The minimum absolute atomic E-state index is 0.0525. The molecule has 0 aliphatic heterocycles. The molecule has 30 heavy (non-hydrogen) atoms. The van der Waals surface area contributed by atoms with E-state index in [-0.39, 0.29) is 5.56 Å². The van der Waals surface area contributed by atoms with Crippen molar-refractivity contribution in [3.63, 3.8) is 0 Å². The Bertz CT molecular complexity index is 1080. The Kier molecular flexibility index (Phi) is 6.17. The first-order valence-electron chi connectivity index (χ1n) is 9.98. The van der Waals surface area contributed by atoms with Gasteiger partial charge in [-0.15, -0.1) is 11.8 Å². The fraction of sp³-hybridized carbons (Fsp3) is 0.120. The van der Waals surface area contributed by atoms with Gasteiger partial charge in [0.15, 0.2) is 7.26 Å². The molecule has 0 radical (unpaired) electrons. The van der Waals surface area contributed by atoms with Gasteiger partial charge in [-0.25, -0.2) is 4.98 Å². The summed E-state index contributed by atoms with van der Waals surface area (Å²) in [5.41, 5.74) is -0.0525. The third-order valence-corrected chi connectivity index (χ3v) is 10.3. The summed E-state index contributed by atoms with van der Waals surface area (Å²) >= 11 is 1.64. The molecule has 150 valence electrons. The van der Waals surface area contributed by atoms with Crippen molar-refractivity contribution in [2.75, 3.05) is 5.75 Å². The molecular formula is C25H24N2OPS+. The van der Waals surface area contributed by atoms with Crippen molar-refractivity contribution in [1.82, 2.24) is 9.97 Å². The van der Waals surface area contributed by atoms with E-state index >= 15 is 0 Å². The summed E-state index contributed by atoms with van der Waals surface area (Å²) in [6.45, 7) is 3.94. The van der Waals surface area contributed by atoms with E-state index in [4.69, 9.17) is 4.98 Å². The number of H-pyrrole nitrogens is 1. The van der Waals surface area contributed by atoms with E-state index in [9.17, 15) is 4.79 Å². The van der Waals surface area contributed by atoms with Gasteiger partial charge in [-0.2, -0.15) is 0 Å². The molecule has 3 aromatic carbocycles. The lowest BCUT2D eigenvalue weighted by Crippen LogP contribution is -2.46. The van der Waals surface area contributed by atoms with Crippen molar-refractivity contribution in [3.8, 4) is 0 Å². The number of hydrogen-bond acceptors (Lipinski definition) is 3. The van der Waals surface area contributed by atoms with Gasteiger partial charge in [0.1, 0.15) is 26.8 Å². The van der Waals surface area contributed by atoms with Crippen LogP contribution in [0.2, 0.25) is 0 Å². The number of aromatic nitrogens is 2. The van der Waals surface area contributed by atoms with Gasteiger partial charge < -0.3 is 4.98 Å². The van der Waals surface area contributed by atoms with Crippen molar-refractivity contribution < 1.29 is 0 Å². The van der Waals surface area contributed by atoms with Gasteiger partial charge in [0, 0.05) is 0 Å². The zero-order chi connectivity index (χ0) is 21.0. The maximum Gasteiger partial charge on any atom is 0.295 e. The standard InChI is InChI=1S/C25H23N2OPS/c1-3-30-25-23(24(28)26-19(2)27-25)29(20-13-7-4-8-14-20,21-15-9-5-10-16-21)22-17-11-6-12-18-22/h4-18H,3H2,1-2H3/p+1. The van der Waals surface area contributed by atoms with Gasteiger partial charge in [-0.05, 0) is 49.1 Å². The maximum absolute atomic E-state index is 13.6. The molecule has 4 aromatic rings. The van der Waals surface area contributed by atoms with Crippen molar-refractivity contribution in [1.29, 1.82) is 0 Å². The van der Waals surface area contributed by atoms with Crippen molar-refractivity contribution >= 4 is 40.2 Å². The summed E-state index contributed by atoms with van der Waals surface area (Å²) in [4.78, 5) is 21.4. The van der Waals surface area contributed by atoms with Gasteiger partial charge in [-0.3, -0.25) is 4.79 Å². The molecule has 0 saturated heterocycles. The third-order valence-electron chi connectivity index (χ3n) is 5.03. The first-order valence-corrected chi connectivity index (χ1v) is 12.8. The van der Waals surface area contributed by atoms with E-state index in [1.165, 1.54) is 0 Å². The molecule has 1 aromatic heterocycles. The predicted octanol–water partition coefficient (Wildman–Crippen LogP) is 3.81. The molecule has 0 amide bonds. The van der Waals surface area contributed by atoms with Gasteiger partial charge >= 0.3 is 0 Å². The Hall–Kier alpha value is -2.68. The number of nitrogens with zero attached hydrogens (tertiary/aromatic N) is 1. The van der Waals surface area contributed by atoms with Crippen LogP contribution in [0.4, 0.5) is 0 Å². The average Bonchev–Trinajstić information content (AvgIpc) is 2.78. The zero-order valence-corrected chi connectivity index (χ0v) is 18.8. The van der Waals surface area contributed by atoms with Crippen LogP contribution in [0.3, 0.4) is 0 Å². The summed E-state index contributed by atoms with van der Waals surface area (Å²) in [5, 5.41) is 5.05. The van der Waals surface area contributed by atoms with Crippen molar-refractivity contribution in [2.24, 2.45) is 0 Å². The maximum atomic E-state index is 13.6. The Labute approximate surface area is 182 Å². The molecule has 5 heteroatoms. The highest BCUT2D eigenvalue weighted by molar-refractivity contribution is 8.04. The number of aromatic amines is 1. The molecule has 3 nitrogen and oxygen atoms in total. The second-order valence-electron chi connectivity index (χ2n) is 6.92. The van der Waals surface area contributed by atoms with E-state index in [1.54, 1.807) is 11.8 Å². The summed E-state index contributed by atoms with van der Waals surface area (Å²) in [6.07, 6.45) is 0. The lowest BCUT2D eigenvalue weighted by molar-refractivity contribution is 0.960. The smallest absolute Gasteiger partial charge is 0.295 e. The van der Waals surface area contributed by atoms with Crippen LogP contribution in [0.5, 0.6) is 0 Å². The third kappa shape index (κ3) is 3.62. The molecule has 0 aliphatic carbocycles. The molecule has 0 saturated carbocycles. The Morgan fingerprint density at radius 2 is 1.23 bits per heavy atom. The number of benzene rings is 3. The summed E-state index contributed by atoms with van der Waals surface area (Å²) in [6, 6.07) is 31.3. The Balaban J connectivity index is 2.22. The fourth-order valence-electron chi connectivity index (χ4n) is 3.88. The summed E-state index contributed by atoms with van der Waals surface area (Å²) < 4.78 is 0. The van der Waals surface area contributed by atoms with Crippen LogP contribution in [0.1, 0.15) is 12.7 Å². The SMILES string of the molecule is CCSc1nc(C)[nH]c(=O)c1[P+](c1ccccc1)(c1ccccc1)c1ccccc1. The van der Waals surface area contributed by atoms with E-state index < -0.39 is 7.26 Å². The summed E-state index contributed by atoms with van der Waals surface area (Å²) in [5.74, 6) is 1.49. The summed E-state index contributed by atoms with van der Waals surface area (Å²) in [7, 11) is -2.46. The van der Waals surface area contributed by atoms with Crippen LogP contribution in [0.25, 0.3) is 0 Å². The van der Waals surface area contributed by atoms with E-state index in [1.807, 2.05) is 25.1 Å². The molecule has 0 aliphatic rings. The lowest BCUT2D eigenvalue weighted by atomic mass is 10.4. The van der Waals surface area contributed by atoms with Gasteiger partial charge in [0.2, 0.25) is 5.30 Å². The van der Waals surface area contributed by atoms with Crippen molar-refractivity contribution in [2.45, 2.75) is 18.9 Å². The van der Waals surface area contributed by atoms with Gasteiger partial charge in [0.05, 0.1) is 0 Å². The lowest BCUT2D eigenvalue weighted by Gasteiger charge is -2.27. The highest BCUT2D eigenvalue weighted by Gasteiger charge is 2.52. The number of aryl methyl sites for hydroxylation is 1. The Morgan fingerprint density at radius 1 is 0.800 bits per heavy atom. The minimum Gasteiger partial charge on any atom is -0.307 e. The van der Waals surface area contributed by atoms with E-state index in [2.05, 4.69) is 84.7 Å². The quantitative estimate of drug-likeness (QED) is 0.287. The average molecular weight is 432 g/mol. The van der Waals surface area contributed by atoms with Gasteiger partial charge in [-0.1, -0.05) is 61.5 Å². The molecule has 1 N–H and O–H groups in total. The number of rotatable bonds is 6. The first kappa shape index (κ1) is 20.6. The molecule has 4 rings (SSSR count). The molecule has 0 unspecified atom stereocenters. The van der Waals surface area contributed by atoms with Crippen LogP contribution in [0, 0.1) is 6.92 Å². The zero-order valence-electron chi connectivity index (χ0n) is 17.1. The van der Waals surface area contributed by atoms with Crippen LogP contribution in [-0.4, -0.2) is 15.7 Å².